The molecule has 0 spiro atoms. The minimum absolute atomic E-state index is 0.0140. The summed E-state index contributed by atoms with van der Waals surface area (Å²) in [4.78, 5) is 21.0. The highest BCUT2D eigenvalue weighted by molar-refractivity contribution is 6.31. The van der Waals surface area contributed by atoms with E-state index in [2.05, 4.69) is 20.6 Å². The summed E-state index contributed by atoms with van der Waals surface area (Å²) in [6, 6.07) is 12.8. The number of amides is 1. The van der Waals surface area contributed by atoms with Gasteiger partial charge in [0.05, 0.1) is 17.8 Å². The number of rotatable bonds is 5. The van der Waals surface area contributed by atoms with Gasteiger partial charge >= 0.3 is 0 Å². The fourth-order valence-corrected chi connectivity index (χ4v) is 2.58. The lowest BCUT2D eigenvalue weighted by molar-refractivity contribution is 0.102. The van der Waals surface area contributed by atoms with Crippen molar-refractivity contribution in [1.29, 1.82) is 0 Å². The molecule has 1 heterocycles. The van der Waals surface area contributed by atoms with Crippen LogP contribution >= 0.6 is 11.6 Å². The van der Waals surface area contributed by atoms with Crippen LogP contribution < -0.4 is 15.4 Å². The van der Waals surface area contributed by atoms with Crippen LogP contribution in [0, 0.1) is 12.7 Å². The molecule has 1 amide bonds. The molecule has 0 radical (unpaired) electrons. The molecule has 2 aromatic carbocycles. The van der Waals surface area contributed by atoms with E-state index in [1.54, 1.807) is 31.2 Å². The number of hydrogen-bond acceptors (Lipinski definition) is 5. The molecule has 0 aliphatic carbocycles. The Morgan fingerprint density at radius 3 is 2.67 bits per heavy atom. The number of carbonyl (C=O) groups excluding carboxylic acids is 1. The first-order valence-electron chi connectivity index (χ1n) is 7.98. The summed E-state index contributed by atoms with van der Waals surface area (Å²) in [6.45, 7) is 1.67. The van der Waals surface area contributed by atoms with Crippen LogP contribution in [0.3, 0.4) is 0 Å². The van der Waals surface area contributed by atoms with Crippen LogP contribution in [-0.4, -0.2) is 23.0 Å². The zero-order chi connectivity index (χ0) is 19.4. The fraction of sp³-hybridized carbons (Fsp3) is 0.105. The number of para-hydroxylation sites is 2. The molecule has 3 rings (SSSR count). The van der Waals surface area contributed by atoms with Gasteiger partial charge in [0.2, 0.25) is 0 Å². The average Bonchev–Trinajstić information content (AvgIpc) is 2.64. The number of aryl methyl sites for hydroxylation is 1. The number of anilines is 3. The Balaban J connectivity index is 1.84. The van der Waals surface area contributed by atoms with E-state index >= 15 is 0 Å². The van der Waals surface area contributed by atoms with Gasteiger partial charge in [-0.1, -0.05) is 23.7 Å². The first-order chi connectivity index (χ1) is 13.0. The Bertz CT molecular complexity index is 997. The van der Waals surface area contributed by atoms with E-state index in [-0.39, 0.29) is 10.7 Å². The average molecular weight is 387 g/mol. The predicted octanol–water partition coefficient (Wildman–Crippen LogP) is 4.58. The van der Waals surface area contributed by atoms with Crippen molar-refractivity contribution in [2.75, 3.05) is 17.7 Å². The number of nitrogens with zero attached hydrogens (tertiary/aromatic N) is 2. The van der Waals surface area contributed by atoms with E-state index in [4.69, 9.17) is 16.3 Å². The van der Waals surface area contributed by atoms with Crippen molar-refractivity contribution >= 4 is 34.7 Å². The molecule has 0 fully saturated rings. The number of carbonyl (C=O) groups is 1. The first-order valence-corrected chi connectivity index (χ1v) is 8.36. The van der Waals surface area contributed by atoms with Gasteiger partial charge in [-0.2, -0.15) is 0 Å². The number of benzene rings is 2. The Morgan fingerprint density at radius 1 is 1.15 bits per heavy atom. The van der Waals surface area contributed by atoms with Crippen LogP contribution in [-0.2, 0) is 0 Å². The topological polar surface area (TPSA) is 76.1 Å². The van der Waals surface area contributed by atoms with Crippen molar-refractivity contribution in [1.82, 2.24) is 9.97 Å². The molecule has 3 aromatic rings. The lowest BCUT2D eigenvalue weighted by Gasteiger charge is -2.11. The summed E-state index contributed by atoms with van der Waals surface area (Å²) in [5.74, 6) is 0.396. The molecule has 8 heteroatoms. The van der Waals surface area contributed by atoms with Crippen LogP contribution in [0.4, 0.5) is 21.6 Å². The normalized spacial score (nSPS) is 10.4. The van der Waals surface area contributed by atoms with Crippen LogP contribution in [0.15, 0.2) is 48.5 Å². The maximum atomic E-state index is 13.3. The van der Waals surface area contributed by atoms with Gasteiger partial charge in [-0.3, -0.25) is 4.79 Å². The van der Waals surface area contributed by atoms with Crippen LogP contribution in [0.2, 0.25) is 5.02 Å². The molecule has 0 aliphatic heterocycles. The molecule has 138 valence electrons. The van der Waals surface area contributed by atoms with Gasteiger partial charge in [0.15, 0.2) is 0 Å². The minimum atomic E-state index is -0.516. The number of nitrogens with one attached hydrogen (secondary N) is 2. The van der Waals surface area contributed by atoms with Gasteiger partial charge in [0.25, 0.3) is 5.91 Å². The quantitative estimate of drug-likeness (QED) is 0.671. The molecule has 2 N–H and O–H groups in total. The molecule has 0 aliphatic rings. The Kier molecular flexibility index (Phi) is 5.52. The molecular formula is C19H16ClFN4O2. The molecule has 0 unspecified atom stereocenters. The van der Waals surface area contributed by atoms with Crippen LogP contribution in [0.5, 0.6) is 5.75 Å². The third-order valence-electron chi connectivity index (χ3n) is 3.62. The van der Waals surface area contributed by atoms with Gasteiger partial charge < -0.3 is 15.4 Å². The second kappa shape index (κ2) is 8.01. The molecule has 0 saturated heterocycles. The molecule has 0 bridgehead atoms. The van der Waals surface area contributed by atoms with E-state index in [1.165, 1.54) is 31.4 Å². The van der Waals surface area contributed by atoms with E-state index in [0.717, 1.165) is 0 Å². The number of aromatic nitrogens is 2. The Hall–Kier alpha value is -3.19. The maximum Gasteiger partial charge on any atom is 0.274 e. The lowest BCUT2D eigenvalue weighted by atomic mass is 10.2. The second-order valence-electron chi connectivity index (χ2n) is 5.59. The summed E-state index contributed by atoms with van der Waals surface area (Å²) >= 11 is 5.79. The van der Waals surface area contributed by atoms with Crippen LogP contribution in [0.25, 0.3) is 0 Å². The molecule has 1 aromatic heterocycles. The van der Waals surface area contributed by atoms with Gasteiger partial charge in [-0.05, 0) is 37.3 Å². The molecule has 0 atom stereocenters. The zero-order valence-electron chi connectivity index (χ0n) is 14.6. The highest BCUT2D eigenvalue weighted by Gasteiger charge is 2.13. The summed E-state index contributed by atoms with van der Waals surface area (Å²) in [5.41, 5.74) is 1.24. The summed E-state index contributed by atoms with van der Waals surface area (Å²) in [7, 11) is 1.52. The molecule has 0 saturated carbocycles. The van der Waals surface area contributed by atoms with Crippen molar-refractivity contribution in [3.8, 4) is 5.75 Å². The van der Waals surface area contributed by atoms with Crippen molar-refractivity contribution in [3.63, 3.8) is 0 Å². The molecular weight excluding hydrogens is 371 g/mol. The lowest BCUT2D eigenvalue weighted by Crippen LogP contribution is -2.16. The van der Waals surface area contributed by atoms with E-state index in [9.17, 15) is 9.18 Å². The highest BCUT2D eigenvalue weighted by atomic mass is 35.5. The largest absolute Gasteiger partial charge is 0.495 e. The van der Waals surface area contributed by atoms with Crippen LogP contribution in [0.1, 0.15) is 16.3 Å². The van der Waals surface area contributed by atoms with E-state index < -0.39 is 11.7 Å². The van der Waals surface area contributed by atoms with E-state index in [0.29, 0.717) is 28.8 Å². The minimum Gasteiger partial charge on any atom is -0.495 e. The zero-order valence-corrected chi connectivity index (χ0v) is 15.3. The third kappa shape index (κ3) is 4.51. The fourth-order valence-electron chi connectivity index (χ4n) is 2.40. The van der Waals surface area contributed by atoms with E-state index in [1.807, 2.05) is 0 Å². The predicted molar refractivity (Wildman–Crippen MR) is 102 cm³/mol. The molecule has 27 heavy (non-hydrogen) atoms. The maximum absolute atomic E-state index is 13.3. The number of ether oxygens (including phenoxy) is 1. The summed E-state index contributed by atoms with van der Waals surface area (Å²) < 4.78 is 18.5. The Labute approximate surface area is 160 Å². The standard InChI is InChI=1S/C19H16ClFN4O2/c1-11-22-16(19(26)25-15-5-3-4-6-17(15)27-2)10-18(23-11)24-12-7-8-14(21)13(20)9-12/h3-10H,1-2H3,(H,25,26)(H,22,23,24). The molecule has 6 nitrogen and oxygen atoms in total. The van der Waals surface area contributed by atoms with Crippen molar-refractivity contribution in [2.45, 2.75) is 6.92 Å². The third-order valence-corrected chi connectivity index (χ3v) is 3.91. The number of methoxy groups -OCH3 is 1. The first kappa shape index (κ1) is 18.6. The van der Waals surface area contributed by atoms with Crippen molar-refractivity contribution in [3.05, 3.63) is 70.9 Å². The second-order valence-corrected chi connectivity index (χ2v) is 6.00. The smallest absolute Gasteiger partial charge is 0.274 e. The van der Waals surface area contributed by atoms with Gasteiger partial charge in [-0.25, -0.2) is 14.4 Å². The SMILES string of the molecule is COc1ccccc1NC(=O)c1cc(Nc2ccc(F)c(Cl)c2)nc(C)n1. The van der Waals surface area contributed by atoms with Gasteiger partial charge in [-0.15, -0.1) is 0 Å². The number of hydrogen-bond donors (Lipinski definition) is 2. The summed E-state index contributed by atoms with van der Waals surface area (Å²) in [6.07, 6.45) is 0. The van der Waals surface area contributed by atoms with Crippen molar-refractivity contribution in [2.24, 2.45) is 0 Å². The highest BCUT2D eigenvalue weighted by Crippen LogP contribution is 2.25. The summed E-state index contributed by atoms with van der Waals surface area (Å²) in [5, 5.41) is 5.73. The number of halogens is 2. The monoisotopic (exact) mass is 386 g/mol. The Morgan fingerprint density at radius 2 is 1.93 bits per heavy atom. The van der Waals surface area contributed by atoms with Gasteiger partial charge in [0.1, 0.15) is 28.9 Å². The van der Waals surface area contributed by atoms with Gasteiger partial charge in [0, 0.05) is 11.8 Å². The van der Waals surface area contributed by atoms with Crippen molar-refractivity contribution < 1.29 is 13.9 Å².